The van der Waals surface area contributed by atoms with Crippen molar-refractivity contribution in [2.75, 3.05) is 11.1 Å². The van der Waals surface area contributed by atoms with Gasteiger partial charge in [0.05, 0.1) is 16.5 Å². The SMILES string of the molecule is NC(=O)c1cc2c(NC(=O)c3cccnc3)n[nH]c2nc1N. The number of rotatable bonds is 3. The molecular formula is C13H11N7O2. The summed E-state index contributed by atoms with van der Waals surface area (Å²) in [4.78, 5) is 31.3. The van der Waals surface area contributed by atoms with Crippen LogP contribution in [-0.2, 0) is 0 Å². The number of nitrogens with zero attached hydrogens (tertiary/aromatic N) is 3. The van der Waals surface area contributed by atoms with E-state index in [4.69, 9.17) is 11.5 Å². The van der Waals surface area contributed by atoms with Crippen LogP contribution >= 0.6 is 0 Å². The van der Waals surface area contributed by atoms with E-state index >= 15 is 0 Å². The van der Waals surface area contributed by atoms with Crippen LogP contribution in [0.1, 0.15) is 20.7 Å². The molecule has 0 aliphatic heterocycles. The minimum absolute atomic E-state index is 0.00575. The average Bonchev–Trinajstić information content (AvgIpc) is 2.89. The lowest BCUT2D eigenvalue weighted by Gasteiger charge is -2.03. The Kier molecular flexibility index (Phi) is 3.14. The summed E-state index contributed by atoms with van der Waals surface area (Å²) in [7, 11) is 0. The van der Waals surface area contributed by atoms with E-state index in [2.05, 4.69) is 25.5 Å². The Hall–Kier alpha value is -3.49. The zero-order chi connectivity index (χ0) is 15.7. The van der Waals surface area contributed by atoms with Gasteiger partial charge >= 0.3 is 0 Å². The van der Waals surface area contributed by atoms with E-state index in [0.29, 0.717) is 16.6 Å². The number of carbonyl (C=O) groups excluding carboxylic acids is 2. The lowest BCUT2D eigenvalue weighted by atomic mass is 10.2. The van der Waals surface area contributed by atoms with Gasteiger partial charge in [-0.05, 0) is 18.2 Å². The van der Waals surface area contributed by atoms with Crippen molar-refractivity contribution in [2.24, 2.45) is 5.73 Å². The van der Waals surface area contributed by atoms with Crippen LogP contribution in [0.3, 0.4) is 0 Å². The molecule has 3 rings (SSSR count). The first-order valence-corrected chi connectivity index (χ1v) is 6.22. The van der Waals surface area contributed by atoms with E-state index in [1.54, 1.807) is 18.3 Å². The van der Waals surface area contributed by atoms with Crippen LogP contribution in [0, 0.1) is 0 Å². The van der Waals surface area contributed by atoms with Crippen molar-refractivity contribution in [1.82, 2.24) is 20.2 Å². The molecule has 0 fully saturated rings. The van der Waals surface area contributed by atoms with Crippen LogP contribution in [0.15, 0.2) is 30.6 Å². The molecule has 9 heteroatoms. The van der Waals surface area contributed by atoms with Gasteiger partial charge in [0.2, 0.25) is 0 Å². The smallest absolute Gasteiger partial charge is 0.258 e. The second-order valence-electron chi connectivity index (χ2n) is 4.45. The molecule has 0 unspecified atom stereocenters. The lowest BCUT2D eigenvalue weighted by molar-refractivity contribution is 0.0998. The fourth-order valence-corrected chi connectivity index (χ4v) is 1.93. The molecular weight excluding hydrogens is 286 g/mol. The standard InChI is InChI=1S/C13H11N7O2/c14-9-7(10(15)21)4-8-11(17-9)19-20-12(8)18-13(22)6-2-1-3-16-5-6/h1-5H,(H2,15,21)(H4,14,17,18,19,20,22). The summed E-state index contributed by atoms with van der Waals surface area (Å²) in [5.41, 5.74) is 11.6. The minimum Gasteiger partial charge on any atom is -0.383 e. The number of hydrogen-bond acceptors (Lipinski definition) is 6. The monoisotopic (exact) mass is 297 g/mol. The molecule has 0 aromatic carbocycles. The summed E-state index contributed by atoms with van der Waals surface area (Å²) in [6.45, 7) is 0. The summed E-state index contributed by atoms with van der Waals surface area (Å²) in [5.74, 6) is -0.885. The van der Waals surface area contributed by atoms with Gasteiger partial charge in [-0.1, -0.05) is 0 Å². The number of aromatic amines is 1. The number of anilines is 2. The molecule has 9 nitrogen and oxygen atoms in total. The van der Waals surface area contributed by atoms with Crippen LogP contribution < -0.4 is 16.8 Å². The molecule has 0 saturated carbocycles. The number of nitrogens with two attached hydrogens (primary N) is 2. The number of H-pyrrole nitrogens is 1. The van der Waals surface area contributed by atoms with E-state index in [1.807, 2.05) is 0 Å². The Morgan fingerprint density at radius 1 is 1.32 bits per heavy atom. The van der Waals surface area contributed by atoms with Crippen LogP contribution in [0.2, 0.25) is 0 Å². The molecule has 3 aromatic rings. The molecule has 0 saturated heterocycles. The number of amides is 2. The van der Waals surface area contributed by atoms with Crippen LogP contribution in [0.4, 0.5) is 11.6 Å². The highest BCUT2D eigenvalue weighted by Crippen LogP contribution is 2.23. The van der Waals surface area contributed by atoms with Crippen molar-refractivity contribution >= 4 is 34.5 Å². The molecule has 0 aliphatic carbocycles. The van der Waals surface area contributed by atoms with Crippen LogP contribution in [0.5, 0.6) is 0 Å². The number of carbonyl (C=O) groups is 2. The van der Waals surface area contributed by atoms with Crippen molar-refractivity contribution in [3.8, 4) is 0 Å². The maximum absolute atomic E-state index is 12.1. The lowest BCUT2D eigenvalue weighted by Crippen LogP contribution is -2.15. The molecule has 0 radical (unpaired) electrons. The highest BCUT2D eigenvalue weighted by atomic mass is 16.2. The molecule has 2 amide bonds. The second-order valence-corrected chi connectivity index (χ2v) is 4.45. The summed E-state index contributed by atoms with van der Waals surface area (Å²) < 4.78 is 0. The van der Waals surface area contributed by atoms with Gasteiger partial charge < -0.3 is 16.8 Å². The Morgan fingerprint density at radius 3 is 2.82 bits per heavy atom. The quantitative estimate of drug-likeness (QED) is 0.545. The van der Waals surface area contributed by atoms with E-state index in [1.165, 1.54) is 12.3 Å². The number of primary amides is 1. The van der Waals surface area contributed by atoms with Crippen molar-refractivity contribution in [1.29, 1.82) is 0 Å². The molecule has 6 N–H and O–H groups in total. The van der Waals surface area contributed by atoms with Gasteiger partial charge in [-0.3, -0.25) is 19.7 Å². The maximum atomic E-state index is 12.1. The van der Waals surface area contributed by atoms with E-state index in [0.717, 1.165) is 0 Å². The van der Waals surface area contributed by atoms with Gasteiger partial charge in [-0.2, -0.15) is 5.10 Å². The predicted octanol–water partition coefficient (Wildman–Crippen LogP) is 0.286. The van der Waals surface area contributed by atoms with E-state index in [9.17, 15) is 9.59 Å². The molecule has 0 atom stereocenters. The molecule has 3 heterocycles. The third-order valence-electron chi connectivity index (χ3n) is 3.00. The maximum Gasteiger partial charge on any atom is 0.258 e. The second kappa shape index (κ2) is 5.13. The van der Waals surface area contributed by atoms with Crippen LogP contribution in [0.25, 0.3) is 11.0 Å². The summed E-state index contributed by atoms with van der Waals surface area (Å²) in [6, 6.07) is 4.69. The molecule has 22 heavy (non-hydrogen) atoms. The Bertz CT molecular complexity index is 873. The molecule has 0 aliphatic rings. The highest BCUT2D eigenvalue weighted by Gasteiger charge is 2.16. The number of nitrogen functional groups attached to an aromatic ring is 1. The fourth-order valence-electron chi connectivity index (χ4n) is 1.93. The van der Waals surface area contributed by atoms with Crippen molar-refractivity contribution < 1.29 is 9.59 Å². The third-order valence-corrected chi connectivity index (χ3v) is 3.00. The Labute approximate surface area is 123 Å². The molecule has 0 spiro atoms. The summed E-state index contributed by atoms with van der Waals surface area (Å²) >= 11 is 0. The van der Waals surface area contributed by atoms with Gasteiger partial charge in [0.15, 0.2) is 11.5 Å². The number of pyridine rings is 2. The predicted molar refractivity (Wildman–Crippen MR) is 79.0 cm³/mol. The zero-order valence-corrected chi connectivity index (χ0v) is 11.2. The molecule has 110 valence electrons. The van der Waals surface area contributed by atoms with Gasteiger partial charge in [0.25, 0.3) is 11.8 Å². The van der Waals surface area contributed by atoms with E-state index in [-0.39, 0.29) is 23.1 Å². The highest BCUT2D eigenvalue weighted by molar-refractivity contribution is 6.09. The number of aromatic nitrogens is 4. The summed E-state index contributed by atoms with van der Waals surface area (Å²) in [6.07, 6.45) is 2.99. The largest absolute Gasteiger partial charge is 0.383 e. The summed E-state index contributed by atoms with van der Waals surface area (Å²) in [5, 5.41) is 9.63. The first-order chi connectivity index (χ1) is 10.6. The third kappa shape index (κ3) is 2.30. The number of nitrogens with one attached hydrogen (secondary N) is 2. The first kappa shape index (κ1) is 13.5. The van der Waals surface area contributed by atoms with Gasteiger partial charge in [0, 0.05) is 12.4 Å². The Morgan fingerprint density at radius 2 is 2.14 bits per heavy atom. The van der Waals surface area contributed by atoms with E-state index < -0.39 is 5.91 Å². The fraction of sp³-hybridized carbons (Fsp3) is 0. The molecule has 0 bridgehead atoms. The normalized spacial score (nSPS) is 10.5. The van der Waals surface area contributed by atoms with Gasteiger partial charge in [-0.15, -0.1) is 0 Å². The molecule has 3 aromatic heterocycles. The number of fused-ring (bicyclic) bond motifs is 1. The number of hydrogen-bond donors (Lipinski definition) is 4. The van der Waals surface area contributed by atoms with Crippen molar-refractivity contribution in [2.45, 2.75) is 0 Å². The van der Waals surface area contributed by atoms with Crippen LogP contribution in [-0.4, -0.2) is 32.0 Å². The zero-order valence-electron chi connectivity index (χ0n) is 11.2. The minimum atomic E-state index is -0.711. The topological polar surface area (TPSA) is 153 Å². The van der Waals surface area contributed by atoms with Gasteiger partial charge in [-0.25, -0.2) is 4.98 Å². The van der Waals surface area contributed by atoms with Crippen molar-refractivity contribution in [3.05, 3.63) is 41.7 Å². The average molecular weight is 297 g/mol. The van der Waals surface area contributed by atoms with Gasteiger partial charge in [0.1, 0.15) is 5.82 Å². The Balaban J connectivity index is 1.99. The van der Waals surface area contributed by atoms with Crippen molar-refractivity contribution in [3.63, 3.8) is 0 Å². The first-order valence-electron chi connectivity index (χ1n) is 6.22.